The second kappa shape index (κ2) is 7.32. The Labute approximate surface area is 167 Å². The maximum Gasteiger partial charge on any atom is 0.435 e. The number of amides is 1. The highest BCUT2D eigenvalue weighted by Gasteiger charge is 2.37. The summed E-state index contributed by atoms with van der Waals surface area (Å²) in [4.78, 5) is 17.0. The minimum atomic E-state index is -4.57. The molecule has 1 aromatic carbocycles. The van der Waals surface area contributed by atoms with E-state index in [1.807, 2.05) is 24.3 Å². The number of benzene rings is 1. The van der Waals surface area contributed by atoms with E-state index in [9.17, 15) is 18.0 Å². The van der Waals surface area contributed by atoms with Crippen molar-refractivity contribution >= 4 is 33.1 Å². The zero-order valence-electron chi connectivity index (χ0n) is 15.2. The van der Waals surface area contributed by atoms with Crippen LogP contribution in [0.4, 0.5) is 18.9 Å². The summed E-state index contributed by atoms with van der Waals surface area (Å²) in [6.45, 7) is 0. The van der Waals surface area contributed by atoms with Crippen molar-refractivity contribution < 1.29 is 18.0 Å². The van der Waals surface area contributed by atoms with Gasteiger partial charge in [-0.05, 0) is 47.9 Å². The Hall–Kier alpha value is -3.20. The third kappa shape index (κ3) is 4.00. The molecule has 1 N–H and O–H groups in total. The van der Waals surface area contributed by atoms with Gasteiger partial charge in [0.2, 0.25) is 0 Å². The number of nitrogens with zero attached hydrogens (tertiary/aromatic N) is 3. The van der Waals surface area contributed by atoms with E-state index in [0.717, 1.165) is 33.6 Å². The quantitative estimate of drug-likeness (QED) is 0.515. The predicted octanol–water partition coefficient (Wildman–Crippen LogP) is 4.89. The molecule has 4 aromatic rings. The summed E-state index contributed by atoms with van der Waals surface area (Å²) < 4.78 is 40.5. The number of pyridine rings is 1. The summed E-state index contributed by atoms with van der Waals surface area (Å²) in [5.41, 5.74) is 1.78. The lowest BCUT2D eigenvalue weighted by Gasteiger charge is -2.06. The van der Waals surface area contributed by atoms with Crippen LogP contribution < -0.4 is 5.32 Å². The van der Waals surface area contributed by atoms with Crippen LogP contribution in [0, 0.1) is 0 Å². The van der Waals surface area contributed by atoms with E-state index >= 15 is 0 Å². The van der Waals surface area contributed by atoms with Gasteiger partial charge >= 0.3 is 6.18 Å². The molecule has 1 amide bonds. The van der Waals surface area contributed by atoms with Gasteiger partial charge in [-0.15, -0.1) is 11.3 Å². The Morgan fingerprint density at radius 2 is 1.76 bits per heavy atom. The highest BCUT2D eigenvalue weighted by atomic mass is 32.1. The number of aromatic nitrogens is 3. The van der Waals surface area contributed by atoms with E-state index in [1.165, 1.54) is 13.1 Å². The molecule has 3 heterocycles. The summed E-state index contributed by atoms with van der Waals surface area (Å²) in [6.07, 6.45) is -0.372. The Bertz CT molecular complexity index is 1160. The van der Waals surface area contributed by atoms with Gasteiger partial charge in [0.15, 0.2) is 5.69 Å². The van der Waals surface area contributed by atoms with Gasteiger partial charge in [-0.3, -0.25) is 14.5 Å². The molecule has 0 bridgehead atoms. The van der Waals surface area contributed by atoms with Gasteiger partial charge in [0.25, 0.3) is 5.91 Å². The third-order valence-corrected chi connectivity index (χ3v) is 5.57. The predicted molar refractivity (Wildman–Crippen MR) is 105 cm³/mol. The van der Waals surface area contributed by atoms with Crippen molar-refractivity contribution in [1.29, 1.82) is 0 Å². The number of nitrogens with one attached hydrogen (secondary N) is 1. The van der Waals surface area contributed by atoms with Gasteiger partial charge in [-0.1, -0.05) is 12.1 Å². The number of carbonyl (C=O) groups excluding carboxylic acids is 1. The van der Waals surface area contributed by atoms with Gasteiger partial charge in [-0.2, -0.15) is 18.3 Å². The van der Waals surface area contributed by atoms with Crippen LogP contribution in [0.2, 0.25) is 0 Å². The van der Waals surface area contributed by atoms with Gasteiger partial charge < -0.3 is 5.32 Å². The minimum Gasteiger partial charge on any atom is -0.321 e. The number of halogens is 3. The number of alkyl halides is 3. The standard InChI is InChI=1S/C20H15F3N4OS/c1-27-19-15(17(26-27)20(21,22)23)11-16(29-19)18(28)25-14-4-2-12(3-5-14)10-13-6-8-24-9-7-13/h2-9,11H,10H2,1H3,(H,25,28). The summed E-state index contributed by atoms with van der Waals surface area (Å²) in [5, 5.41) is 6.18. The molecule has 4 rings (SSSR count). The second-order valence-electron chi connectivity index (χ2n) is 6.48. The molecule has 0 aliphatic carbocycles. The zero-order chi connectivity index (χ0) is 20.6. The monoisotopic (exact) mass is 416 g/mol. The number of hydrogen-bond donors (Lipinski definition) is 1. The molecule has 0 fully saturated rings. The first-order valence-corrected chi connectivity index (χ1v) is 9.46. The molecule has 0 saturated carbocycles. The molecule has 148 valence electrons. The lowest BCUT2D eigenvalue weighted by Crippen LogP contribution is -2.10. The lowest BCUT2D eigenvalue weighted by atomic mass is 10.1. The van der Waals surface area contributed by atoms with Gasteiger partial charge in [0.05, 0.1) is 4.88 Å². The maximum atomic E-state index is 13.1. The van der Waals surface area contributed by atoms with Crippen LogP contribution in [0.25, 0.3) is 10.2 Å². The maximum absolute atomic E-state index is 13.1. The van der Waals surface area contributed by atoms with Crippen LogP contribution in [-0.4, -0.2) is 20.7 Å². The van der Waals surface area contributed by atoms with Crippen molar-refractivity contribution in [3.05, 3.63) is 76.6 Å². The number of rotatable bonds is 4. The molecule has 0 aliphatic heterocycles. The molecule has 0 atom stereocenters. The van der Waals surface area contributed by atoms with Crippen molar-refractivity contribution in [3.63, 3.8) is 0 Å². The first-order valence-electron chi connectivity index (χ1n) is 8.64. The molecule has 0 unspecified atom stereocenters. The van der Waals surface area contributed by atoms with Gasteiger partial charge in [-0.25, -0.2) is 0 Å². The largest absolute Gasteiger partial charge is 0.435 e. The minimum absolute atomic E-state index is 0.0668. The molecule has 9 heteroatoms. The fourth-order valence-electron chi connectivity index (χ4n) is 3.00. The number of carbonyl (C=O) groups is 1. The molecule has 5 nitrogen and oxygen atoms in total. The van der Waals surface area contributed by atoms with E-state index in [1.54, 1.807) is 24.5 Å². The van der Waals surface area contributed by atoms with Gasteiger partial charge in [0, 0.05) is 30.5 Å². The third-order valence-electron chi connectivity index (χ3n) is 4.37. The Balaban J connectivity index is 1.51. The molecule has 0 saturated heterocycles. The number of anilines is 1. The first kappa shape index (κ1) is 19.1. The Morgan fingerprint density at radius 3 is 2.41 bits per heavy atom. The van der Waals surface area contributed by atoms with E-state index in [-0.39, 0.29) is 10.3 Å². The van der Waals surface area contributed by atoms with Crippen molar-refractivity contribution in [3.8, 4) is 0 Å². The normalized spacial score (nSPS) is 11.7. The molecular formula is C20H15F3N4OS. The first-order chi connectivity index (χ1) is 13.8. The van der Waals surface area contributed by atoms with Crippen LogP contribution in [0.1, 0.15) is 26.5 Å². The zero-order valence-corrected chi connectivity index (χ0v) is 16.0. The van der Waals surface area contributed by atoms with Crippen LogP contribution in [0.3, 0.4) is 0 Å². The molecule has 0 spiro atoms. The van der Waals surface area contributed by atoms with Crippen LogP contribution >= 0.6 is 11.3 Å². The molecule has 3 aromatic heterocycles. The number of fused-ring (bicyclic) bond motifs is 1. The number of aryl methyl sites for hydroxylation is 1. The van der Waals surface area contributed by atoms with Gasteiger partial charge in [0.1, 0.15) is 4.83 Å². The SMILES string of the molecule is Cn1nc(C(F)(F)F)c2cc(C(=O)Nc3ccc(Cc4ccncc4)cc3)sc21. The van der Waals surface area contributed by atoms with Crippen LogP contribution in [-0.2, 0) is 19.6 Å². The molecule has 29 heavy (non-hydrogen) atoms. The molecular weight excluding hydrogens is 401 g/mol. The molecule has 0 radical (unpaired) electrons. The van der Waals surface area contributed by atoms with E-state index in [2.05, 4.69) is 15.4 Å². The topological polar surface area (TPSA) is 59.8 Å². The summed E-state index contributed by atoms with van der Waals surface area (Å²) in [5.74, 6) is -0.457. The van der Waals surface area contributed by atoms with E-state index < -0.39 is 17.8 Å². The summed E-state index contributed by atoms with van der Waals surface area (Å²) in [6, 6.07) is 12.4. The fourth-order valence-corrected chi connectivity index (χ4v) is 3.96. The lowest BCUT2D eigenvalue weighted by molar-refractivity contribution is -0.140. The van der Waals surface area contributed by atoms with E-state index in [0.29, 0.717) is 10.5 Å². The highest BCUT2D eigenvalue weighted by Crippen LogP contribution is 2.37. The average Bonchev–Trinajstić information content (AvgIpc) is 3.24. The van der Waals surface area contributed by atoms with Crippen LogP contribution in [0.15, 0.2) is 54.9 Å². The fraction of sp³-hybridized carbons (Fsp3) is 0.150. The van der Waals surface area contributed by atoms with Crippen molar-refractivity contribution in [1.82, 2.24) is 14.8 Å². The Kier molecular flexibility index (Phi) is 4.83. The molecule has 0 aliphatic rings. The summed E-state index contributed by atoms with van der Waals surface area (Å²) >= 11 is 0.976. The van der Waals surface area contributed by atoms with Crippen LogP contribution in [0.5, 0.6) is 0 Å². The Morgan fingerprint density at radius 1 is 1.10 bits per heavy atom. The summed E-state index contributed by atoms with van der Waals surface area (Å²) in [7, 11) is 1.43. The highest BCUT2D eigenvalue weighted by molar-refractivity contribution is 7.20. The smallest absolute Gasteiger partial charge is 0.321 e. The van der Waals surface area contributed by atoms with Crippen molar-refractivity contribution in [2.24, 2.45) is 7.05 Å². The second-order valence-corrected chi connectivity index (χ2v) is 7.51. The number of thiophene rings is 1. The average molecular weight is 416 g/mol. The van der Waals surface area contributed by atoms with Crippen molar-refractivity contribution in [2.75, 3.05) is 5.32 Å². The van der Waals surface area contributed by atoms with E-state index in [4.69, 9.17) is 0 Å². The van der Waals surface area contributed by atoms with Crippen molar-refractivity contribution in [2.45, 2.75) is 12.6 Å². The number of hydrogen-bond acceptors (Lipinski definition) is 4.